The average Bonchev–Trinajstić information content (AvgIpc) is 2.93. The molecule has 0 spiro atoms. The van der Waals surface area contributed by atoms with Gasteiger partial charge in [-0.1, -0.05) is 37.3 Å². The molecule has 2 aromatic rings. The third kappa shape index (κ3) is 4.67. The Kier molecular flexibility index (Phi) is 6.97. The largest absolute Gasteiger partial charge is 0.492 e. The second-order valence-corrected chi connectivity index (χ2v) is 11.7. The van der Waals surface area contributed by atoms with Crippen LogP contribution in [0.3, 0.4) is 0 Å². The molecule has 0 radical (unpaired) electrons. The molecule has 1 aliphatic heterocycles. The van der Waals surface area contributed by atoms with Crippen LogP contribution < -0.4 is 9.04 Å². The normalized spacial score (nSPS) is 18.5. The first-order valence-electron chi connectivity index (χ1n) is 10.4. The van der Waals surface area contributed by atoms with Crippen molar-refractivity contribution >= 4 is 31.6 Å². The molecule has 0 aromatic heterocycles. The summed E-state index contributed by atoms with van der Waals surface area (Å²) < 4.78 is 60.2. The molecule has 32 heavy (non-hydrogen) atoms. The Morgan fingerprint density at radius 3 is 2.34 bits per heavy atom. The molecule has 8 nitrogen and oxygen atoms in total. The monoisotopic (exact) mass is 480 g/mol. The third-order valence-corrected chi connectivity index (χ3v) is 9.08. The molecule has 10 heteroatoms. The number of hydrogen-bond donors (Lipinski definition) is 0. The van der Waals surface area contributed by atoms with Crippen molar-refractivity contribution in [3.05, 3.63) is 54.1 Å². The van der Waals surface area contributed by atoms with Gasteiger partial charge >= 0.3 is 0 Å². The van der Waals surface area contributed by atoms with E-state index < -0.39 is 31.9 Å². The maximum absolute atomic E-state index is 13.7. The van der Waals surface area contributed by atoms with Gasteiger partial charge in [-0.25, -0.2) is 21.1 Å². The second kappa shape index (κ2) is 9.21. The molecule has 1 unspecified atom stereocenters. The van der Waals surface area contributed by atoms with Crippen LogP contribution >= 0.6 is 0 Å². The third-order valence-electron chi connectivity index (χ3n) is 5.17. The fourth-order valence-corrected chi connectivity index (χ4v) is 7.21. The number of amides is 1. The number of nitrogens with zero attached hydrogens (tertiary/aromatic N) is 2. The van der Waals surface area contributed by atoms with E-state index in [1.54, 1.807) is 20.8 Å². The van der Waals surface area contributed by atoms with Gasteiger partial charge in [0.25, 0.3) is 0 Å². The Morgan fingerprint density at radius 2 is 1.81 bits per heavy atom. The SMILES string of the molecule is CCOc1ccc(N2C(=O)C(C)CS2(=O)=O)cc1S(=O)(=O)N(Cc1ccccc1)C(C)C. The van der Waals surface area contributed by atoms with E-state index in [-0.39, 0.29) is 41.3 Å². The quantitative estimate of drug-likeness (QED) is 0.576. The highest BCUT2D eigenvalue weighted by Crippen LogP contribution is 2.36. The zero-order valence-corrected chi connectivity index (χ0v) is 20.2. The first-order valence-corrected chi connectivity index (χ1v) is 13.4. The highest BCUT2D eigenvalue weighted by molar-refractivity contribution is 7.94. The molecule has 1 fully saturated rings. The van der Waals surface area contributed by atoms with E-state index in [1.807, 2.05) is 30.3 Å². The van der Waals surface area contributed by atoms with Crippen molar-refractivity contribution in [1.82, 2.24) is 4.31 Å². The smallest absolute Gasteiger partial charge is 0.247 e. The Morgan fingerprint density at radius 1 is 1.16 bits per heavy atom. The van der Waals surface area contributed by atoms with E-state index in [1.165, 1.54) is 29.4 Å². The van der Waals surface area contributed by atoms with Crippen LogP contribution in [0.2, 0.25) is 0 Å². The molecule has 0 bridgehead atoms. The van der Waals surface area contributed by atoms with E-state index in [0.717, 1.165) is 5.56 Å². The zero-order chi connectivity index (χ0) is 23.7. The summed E-state index contributed by atoms with van der Waals surface area (Å²) in [5.41, 5.74) is 0.801. The lowest BCUT2D eigenvalue weighted by Crippen LogP contribution is -2.37. The Labute approximate surface area is 189 Å². The number of carbonyl (C=O) groups is 1. The van der Waals surface area contributed by atoms with Gasteiger partial charge in [-0.05, 0) is 44.5 Å². The number of carbonyl (C=O) groups excluding carboxylic acids is 1. The molecule has 1 amide bonds. The van der Waals surface area contributed by atoms with Gasteiger partial charge in [0.05, 0.1) is 24.0 Å². The van der Waals surface area contributed by atoms with Gasteiger partial charge in [-0.2, -0.15) is 4.31 Å². The van der Waals surface area contributed by atoms with Gasteiger partial charge in [-0.15, -0.1) is 0 Å². The lowest BCUT2D eigenvalue weighted by atomic mass is 10.2. The van der Waals surface area contributed by atoms with Gasteiger partial charge < -0.3 is 4.74 Å². The van der Waals surface area contributed by atoms with E-state index in [2.05, 4.69) is 0 Å². The van der Waals surface area contributed by atoms with Crippen LogP contribution in [0.1, 0.15) is 33.3 Å². The molecule has 1 atom stereocenters. The molecule has 1 aliphatic rings. The lowest BCUT2D eigenvalue weighted by molar-refractivity contribution is -0.119. The summed E-state index contributed by atoms with van der Waals surface area (Å²) in [7, 11) is -7.97. The first kappa shape index (κ1) is 24.2. The maximum atomic E-state index is 13.7. The van der Waals surface area contributed by atoms with E-state index >= 15 is 0 Å². The summed E-state index contributed by atoms with van der Waals surface area (Å²) in [5.74, 6) is -1.49. The highest BCUT2D eigenvalue weighted by atomic mass is 32.2. The number of anilines is 1. The standard InChI is InChI=1S/C22H28N2O6S2/c1-5-30-20-12-11-19(24-22(25)17(4)15-31(24,26)27)13-21(20)32(28,29)23(16(2)3)14-18-9-7-6-8-10-18/h6-13,16-17H,5,14-15H2,1-4H3. The molecular weight excluding hydrogens is 452 g/mol. The van der Waals surface area contributed by atoms with Gasteiger partial charge in [-0.3, -0.25) is 4.79 Å². The molecule has 3 rings (SSSR count). The summed E-state index contributed by atoms with van der Waals surface area (Å²) >= 11 is 0. The average molecular weight is 481 g/mol. The molecule has 1 heterocycles. The van der Waals surface area contributed by atoms with E-state index in [4.69, 9.17) is 4.74 Å². The predicted molar refractivity (Wildman–Crippen MR) is 122 cm³/mol. The van der Waals surface area contributed by atoms with E-state index in [0.29, 0.717) is 4.31 Å². The summed E-state index contributed by atoms with van der Waals surface area (Å²) in [6, 6.07) is 12.8. The van der Waals surface area contributed by atoms with Crippen molar-refractivity contribution in [3.8, 4) is 5.75 Å². The number of benzene rings is 2. The zero-order valence-electron chi connectivity index (χ0n) is 18.6. The number of rotatable bonds is 8. The summed E-state index contributed by atoms with van der Waals surface area (Å²) in [6.07, 6.45) is 0. The summed E-state index contributed by atoms with van der Waals surface area (Å²) in [5, 5.41) is 0. The van der Waals surface area contributed by atoms with Crippen LogP contribution in [-0.4, -0.2) is 45.4 Å². The van der Waals surface area contributed by atoms with Crippen molar-refractivity contribution in [3.63, 3.8) is 0 Å². The number of ether oxygens (including phenoxy) is 1. The minimum absolute atomic E-state index is 0.00945. The van der Waals surface area contributed by atoms with Gasteiger partial charge in [0.2, 0.25) is 26.0 Å². The van der Waals surface area contributed by atoms with Crippen molar-refractivity contribution in [2.24, 2.45) is 5.92 Å². The molecule has 0 aliphatic carbocycles. The van der Waals surface area contributed by atoms with Gasteiger partial charge in [0.15, 0.2) is 0 Å². The minimum atomic E-state index is -4.10. The summed E-state index contributed by atoms with van der Waals surface area (Å²) in [4.78, 5) is 12.4. The highest BCUT2D eigenvalue weighted by Gasteiger charge is 2.43. The first-order chi connectivity index (χ1) is 15.0. The Balaban J connectivity index is 2.13. The van der Waals surface area contributed by atoms with Crippen LogP contribution in [0.25, 0.3) is 0 Å². The van der Waals surface area contributed by atoms with Crippen molar-refractivity contribution in [2.75, 3.05) is 16.7 Å². The Bertz CT molecular complexity index is 1190. The lowest BCUT2D eigenvalue weighted by Gasteiger charge is -2.27. The van der Waals surface area contributed by atoms with Gasteiger partial charge in [0.1, 0.15) is 10.6 Å². The molecule has 0 saturated carbocycles. The number of sulfonamides is 2. The fraction of sp³-hybridized carbons (Fsp3) is 0.409. The van der Waals surface area contributed by atoms with Gasteiger partial charge in [0, 0.05) is 12.6 Å². The fourth-order valence-electron chi connectivity index (χ4n) is 3.62. The minimum Gasteiger partial charge on any atom is -0.492 e. The molecule has 174 valence electrons. The van der Waals surface area contributed by atoms with Crippen LogP contribution in [-0.2, 0) is 31.4 Å². The van der Waals surface area contributed by atoms with E-state index in [9.17, 15) is 21.6 Å². The molecule has 0 N–H and O–H groups in total. The van der Waals surface area contributed by atoms with Crippen molar-refractivity contribution in [1.29, 1.82) is 0 Å². The maximum Gasteiger partial charge on any atom is 0.247 e. The van der Waals surface area contributed by atoms with Crippen LogP contribution in [0.5, 0.6) is 5.75 Å². The second-order valence-electron chi connectivity index (χ2n) is 7.98. The summed E-state index contributed by atoms with van der Waals surface area (Å²) in [6.45, 7) is 7.15. The van der Waals surface area contributed by atoms with Crippen LogP contribution in [0.15, 0.2) is 53.4 Å². The molecular formula is C22H28N2O6S2. The molecule has 2 aromatic carbocycles. The topological polar surface area (TPSA) is 101 Å². The van der Waals surface area contributed by atoms with Crippen molar-refractivity contribution < 1.29 is 26.4 Å². The molecule has 1 saturated heterocycles. The van der Waals surface area contributed by atoms with Crippen molar-refractivity contribution in [2.45, 2.75) is 45.2 Å². The predicted octanol–water partition coefficient (Wildman–Crippen LogP) is 3.00. The number of hydrogen-bond acceptors (Lipinski definition) is 6. The Hall–Kier alpha value is -2.43. The van der Waals surface area contributed by atoms with Crippen LogP contribution in [0, 0.1) is 5.92 Å². The van der Waals surface area contributed by atoms with Crippen LogP contribution in [0.4, 0.5) is 5.69 Å².